The summed E-state index contributed by atoms with van der Waals surface area (Å²) in [6.45, 7) is 5.13. The molecule has 0 aliphatic rings. The lowest BCUT2D eigenvalue weighted by atomic mass is 9.84. The first-order valence-electron chi connectivity index (χ1n) is 9.35. The van der Waals surface area contributed by atoms with Crippen molar-refractivity contribution < 1.29 is 12.8 Å². The lowest BCUT2D eigenvalue weighted by molar-refractivity contribution is 0.503. The van der Waals surface area contributed by atoms with Crippen molar-refractivity contribution >= 4 is 16.0 Å². The largest absolute Gasteiger partial charge is 0.356 e. The van der Waals surface area contributed by atoms with E-state index in [1.165, 1.54) is 13.1 Å². The minimum absolute atomic E-state index is 0.0634. The molecule has 158 valence electrons. The maximum Gasteiger partial charge on any atom is 0.215 e. The number of guanidine groups is 1. The van der Waals surface area contributed by atoms with Gasteiger partial charge in [0.1, 0.15) is 5.82 Å². The molecule has 2 aromatic rings. The molecule has 2 rings (SSSR count). The Labute approximate surface area is 172 Å². The molecule has 0 amide bonds. The highest BCUT2D eigenvalue weighted by molar-refractivity contribution is 7.88. The maximum absolute atomic E-state index is 13.5. The van der Waals surface area contributed by atoms with Crippen molar-refractivity contribution in [3.05, 3.63) is 71.0 Å². The highest BCUT2D eigenvalue weighted by Gasteiger charge is 2.21. The fraction of sp³-hybridized carbons (Fsp3) is 0.381. The predicted molar refractivity (Wildman–Crippen MR) is 116 cm³/mol. The van der Waals surface area contributed by atoms with Crippen LogP contribution in [0.15, 0.2) is 53.5 Å². The fourth-order valence-corrected chi connectivity index (χ4v) is 3.61. The Bertz CT molecular complexity index is 959. The van der Waals surface area contributed by atoms with Crippen LogP contribution in [-0.2, 0) is 27.7 Å². The highest BCUT2D eigenvalue weighted by atomic mass is 32.2. The highest BCUT2D eigenvalue weighted by Crippen LogP contribution is 2.22. The van der Waals surface area contributed by atoms with Crippen molar-refractivity contribution in [2.45, 2.75) is 31.6 Å². The summed E-state index contributed by atoms with van der Waals surface area (Å²) in [6, 6.07) is 14.0. The number of nitrogens with zero attached hydrogens (tertiary/aromatic N) is 1. The van der Waals surface area contributed by atoms with Gasteiger partial charge in [-0.15, -0.1) is 0 Å². The van der Waals surface area contributed by atoms with E-state index in [9.17, 15) is 12.8 Å². The van der Waals surface area contributed by atoms with Crippen LogP contribution in [0, 0.1) is 5.82 Å². The minimum atomic E-state index is -3.31. The van der Waals surface area contributed by atoms with Gasteiger partial charge in [0, 0.05) is 25.6 Å². The monoisotopic (exact) mass is 420 g/mol. The molecule has 0 aromatic heterocycles. The van der Waals surface area contributed by atoms with Crippen LogP contribution in [0.1, 0.15) is 30.5 Å². The van der Waals surface area contributed by atoms with Crippen LogP contribution in [0.5, 0.6) is 0 Å². The van der Waals surface area contributed by atoms with Crippen molar-refractivity contribution in [2.75, 3.05) is 20.6 Å². The van der Waals surface area contributed by atoms with Crippen molar-refractivity contribution in [1.82, 2.24) is 15.4 Å². The lowest BCUT2D eigenvalue weighted by Gasteiger charge is -2.27. The van der Waals surface area contributed by atoms with Crippen LogP contribution in [0.2, 0.25) is 0 Å². The second kappa shape index (κ2) is 9.84. The molecule has 0 heterocycles. The van der Waals surface area contributed by atoms with E-state index in [0.29, 0.717) is 24.6 Å². The third-order valence-corrected chi connectivity index (χ3v) is 5.98. The Kier molecular flexibility index (Phi) is 7.75. The Balaban J connectivity index is 1.96. The van der Waals surface area contributed by atoms with Gasteiger partial charge in [-0.25, -0.2) is 17.5 Å². The number of sulfonamides is 1. The molecule has 0 saturated heterocycles. The summed E-state index contributed by atoms with van der Waals surface area (Å²) in [5.74, 6) is 0.299. The molecular weight excluding hydrogens is 391 g/mol. The topological polar surface area (TPSA) is 82.6 Å². The van der Waals surface area contributed by atoms with Gasteiger partial charge < -0.3 is 10.6 Å². The molecule has 0 bridgehead atoms. The molecule has 0 spiro atoms. The van der Waals surface area contributed by atoms with E-state index < -0.39 is 10.0 Å². The van der Waals surface area contributed by atoms with Crippen molar-refractivity contribution in [3.63, 3.8) is 0 Å². The van der Waals surface area contributed by atoms with Crippen molar-refractivity contribution in [3.8, 4) is 0 Å². The molecule has 0 aliphatic heterocycles. The molecule has 2 aromatic carbocycles. The van der Waals surface area contributed by atoms with Crippen LogP contribution in [0.3, 0.4) is 0 Å². The molecular formula is C21H29FN4O2S. The first kappa shape index (κ1) is 22.8. The Morgan fingerprint density at radius 3 is 2.41 bits per heavy atom. The molecule has 0 saturated carbocycles. The van der Waals surface area contributed by atoms with Gasteiger partial charge in [-0.05, 0) is 35.9 Å². The third kappa shape index (κ3) is 7.14. The zero-order valence-corrected chi connectivity index (χ0v) is 18.1. The van der Waals surface area contributed by atoms with Gasteiger partial charge in [-0.1, -0.05) is 50.2 Å². The average molecular weight is 421 g/mol. The molecule has 8 heteroatoms. The smallest absolute Gasteiger partial charge is 0.215 e. The van der Waals surface area contributed by atoms with E-state index in [1.807, 2.05) is 38.1 Å². The number of rotatable bonds is 8. The number of halogens is 1. The minimum Gasteiger partial charge on any atom is -0.356 e. The number of aliphatic imine (C=N–C) groups is 1. The summed E-state index contributed by atoms with van der Waals surface area (Å²) < 4.78 is 39.3. The van der Waals surface area contributed by atoms with Crippen LogP contribution in [0.25, 0.3) is 0 Å². The van der Waals surface area contributed by atoms with Gasteiger partial charge >= 0.3 is 0 Å². The van der Waals surface area contributed by atoms with Crippen molar-refractivity contribution in [1.29, 1.82) is 0 Å². The summed E-state index contributed by atoms with van der Waals surface area (Å²) in [6.07, 6.45) is 0. The number of hydrogen-bond acceptors (Lipinski definition) is 3. The maximum atomic E-state index is 13.5. The summed E-state index contributed by atoms with van der Waals surface area (Å²) in [5, 5.41) is 6.50. The first-order chi connectivity index (χ1) is 13.6. The summed E-state index contributed by atoms with van der Waals surface area (Å²) >= 11 is 0. The number of hydrogen-bond donors (Lipinski definition) is 3. The predicted octanol–water partition coefficient (Wildman–Crippen LogP) is 2.52. The summed E-state index contributed by atoms with van der Waals surface area (Å²) in [4.78, 5) is 4.23. The normalized spacial score (nSPS) is 12.7. The van der Waals surface area contributed by atoms with E-state index in [4.69, 9.17) is 0 Å². The molecule has 0 radical (unpaired) electrons. The van der Waals surface area contributed by atoms with E-state index in [0.717, 1.165) is 11.1 Å². The van der Waals surface area contributed by atoms with E-state index in [-0.39, 0.29) is 17.0 Å². The molecule has 0 unspecified atom stereocenters. The molecule has 3 N–H and O–H groups in total. The molecule has 6 nitrogen and oxygen atoms in total. The fourth-order valence-electron chi connectivity index (χ4n) is 2.84. The zero-order chi connectivity index (χ0) is 21.5. The van der Waals surface area contributed by atoms with Gasteiger partial charge in [0.05, 0.1) is 5.75 Å². The van der Waals surface area contributed by atoms with Gasteiger partial charge in [-0.3, -0.25) is 4.99 Å². The first-order valence-corrected chi connectivity index (χ1v) is 11.0. The molecule has 0 fully saturated rings. The van der Waals surface area contributed by atoms with Gasteiger partial charge in [-0.2, -0.15) is 0 Å². The van der Waals surface area contributed by atoms with Gasteiger partial charge in [0.25, 0.3) is 0 Å². The number of benzene rings is 2. The van der Waals surface area contributed by atoms with E-state index in [2.05, 4.69) is 20.3 Å². The van der Waals surface area contributed by atoms with Crippen LogP contribution >= 0.6 is 0 Å². The average Bonchev–Trinajstić information content (AvgIpc) is 2.68. The van der Waals surface area contributed by atoms with E-state index >= 15 is 0 Å². The van der Waals surface area contributed by atoms with Gasteiger partial charge in [0.15, 0.2) is 5.96 Å². The zero-order valence-electron chi connectivity index (χ0n) is 17.3. The second-order valence-corrected chi connectivity index (χ2v) is 9.38. The van der Waals surface area contributed by atoms with Crippen LogP contribution in [-0.4, -0.2) is 35.0 Å². The molecule has 0 aliphatic carbocycles. The Morgan fingerprint density at radius 2 is 1.76 bits per heavy atom. The summed E-state index contributed by atoms with van der Waals surface area (Å²) in [5.41, 5.74) is 2.27. The Morgan fingerprint density at radius 1 is 1.07 bits per heavy atom. The van der Waals surface area contributed by atoms with Gasteiger partial charge in [0.2, 0.25) is 10.0 Å². The Hall–Kier alpha value is -2.45. The lowest BCUT2D eigenvalue weighted by Crippen LogP contribution is -2.43. The summed E-state index contributed by atoms with van der Waals surface area (Å²) in [7, 11) is -0.227. The SMILES string of the molecule is CN=C(NCc1cccc(CS(=O)(=O)NC)c1)NCC(C)(C)c1cccc(F)c1. The number of nitrogens with one attached hydrogen (secondary N) is 3. The third-order valence-electron chi connectivity index (χ3n) is 4.65. The van der Waals surface area contributed by atoms with Crippen LogP contribution < -0.4 is 15.4 Å². The van der Waals surface area contributed by atoms with Crippen molar-refractivity contribution in [2.24, 2.45) is 4.99 Å². The molecule has 29 heavy (non-hydrogen) atoms. The van der Waals surface area contributed by atoms with E-state index in [1.54, 1.807) is 25.2 Å². The molecule has 0 atom stereocenters. The quantitative estimate of drug-likeness (QED) is 0.453. The standard InChI is InChI=1S/C21H29FN4O2S/c1-21(2,18-9-6-10-19(22)12-18)15-26-20(23-3)25-13-16-7-5-8-17(11-16)14-29(27,28)24-4/h5-12,24H,13-15H2,1-4H3,(H2,23,25,26). The van der Waals surface area contributed by atoms with Crippen LogP contribution in [0.4, 0.5) is 4.39 Å². The second-order valence-electron chi connectivity index (χ2n) is 7.46.